The molecule has 3 heterocycles. The first-order valence-corrected chi connectivity index (χ1v) is 11.1. The zero-order valence-corrected chi connectivity index (χ0v) is 18.1. The molecule has 30 heavy (non-hydrogen) atoms. The van der Waals surface area contributed by atoms with E-state index in [1.54, 1.807) is 23.7 Å². The number of rotatable bonds is 7. The van der Waals surface area contributed by atoms with E-state index in [0.717, 1.165) is 54.6 Å². The minimum absolute atomic E-state index is 0.0294. The Labute approximate surface area is 181 Å². The highest BCUT2D eigenvalue weighted by Crippen LogP contribution is 2.24. The number of benzene rings is 1. The topological polar surface area (TPSA) is 61.4 Å². The van der Waals surface area contributed by atoms with Gasteiger partial charge >= 0.3 is 0 Å². The maximum Gasteiger partial charge on any atom is 0.226 e. The van der Waals surface area contributed by atoms with Crippen molar-refractivity contribution in [3.05, 3.63) is 71.0 Å². The zero-order valence-electron chi connectivity index (χ0n) is 17.3. The molecule has 6 nitrogen and oxygen atoms in total. The molecule has 7 heteroatoms. The van der Waals surface area contributed by atoms with Crippen LogP contribution in [0.4, 0.5) is 0 Å². The van der Waals surface area contributed by atoms with Crippen LogP contribution in [0.5, 0.6) is 0 Å². The van der Waals surface area contributed by atoms with Crippen LogP contribution in [0.1, 0.15) is 16.8 Å². The second kappa shape index (κ2) is 9.93. The van der Waals surface area contributed by atoms with Gasteiger partial charge in [-0.25, -0.2) is 4.98 Å². The quantitative estimate of drug-likeness (QED) is 0.636. The van der Waals surface area contributed by atoms with Gasteiger partial charge in [0.1, 0.15) is 5.01 Å². The lowest BCUT2D eigenvalue weighted by Gasteiger charge is -2.32. The Kier molecular flexibility index (Phi) is 6.84. The van der Waals surface area contributed by atoms with Gasteiger partial charge in [-0.15, -0.1) is 11.3 Å². The Morgan fingerprint density at radius 2 is 1.90 bits per heavy atom. The summed E-state index contributed by atoms with van der Waals surface area (Å²) < 4.78 is 0. The SMILES string of the molecule is CN1CCN(Cc2ccc(-c3nc(CC(=O)NCc4cccnc4)cs3)cc2)CC1. The summed E-state index contributed by atoms with van der Waals surface area (Å²) in [6.45, 7) is 5.99. The second-order valence-corrected chi connectivity index (χ2v) is 8.59. The summed E-state index contributed by atoms with van der Waals surface area (Å²) in [6.07, 6.45) is 3.77. The van der Waals surface area contributed by atoms with Crippen molar-refractivity contribution in [1.29, 1.82) is 0 Å². The van der Waals surface area contributed by atoms with Gasteiger partial charge < -0.3 is 10.2 Å². The Hall–Kier alpha value is -2.61. The molecule has 0 saturated carbocycles. The summed E-state index contributed by atoms with van der Waals surface area (Å²) in [5.74, 6) is -0.0294. The molecule has 0 spiro atoms. The number of pyridine rings is 1. The van der Waals surface area contributed by atoms with Crippen LogP contribution in [-0.2, 0) is 24.3 Å². The number of aromatic nitrogens is 2. The molecule has 1 N–H and O–H groups in total. The fourth-order valence-electron chi connectivity index (χ4n) is 3.47. The van der Waals surface area contributed by atoms with E-state index in [9.17, 15) is 4.79 Å². The summed E-state index contributed by atoms with van der Waals surface area (Å²) in [7, 11) is 2.18. The highest BCUT2D eigenvalue weighted by molar-refractivity contribution is 7.13. The van der Waals surface area contributed by atoms with Crippen molar-refractivity contribution in [3.8, 4) is 10.6 Å². The molecule has 1 aromatic carbocycles. The normalized spacial score (nSPS) is 15.2. The van der Waals surface area contributed by atoms with Crippen LogP contribution in [0, 0.1) is 0 Å². The third-order valence-electron chi connectivity index (χ3n) is 5.31. The first kappa shape index (κ1) is 20.7. The number of likely N-dealkylation sites (N-methyl/N-ethyl adjacent to an activating group) is 1. The van der Waals surface area contributed by atoms with Crippen LogP contribution in [0.2, 0.25) is 0 Å². The maximum absolute atomic E-state index is 12.2. The number of thiazole rings is 1. The Morgan fingerprint density at radius 3 is 2.63 bits per heavy atom. The van der Waals surface area contributed by atoms with Crippen molar-refractivity contribution in [2.45, 2.75) is 19.5 Å². The summed E-state index contributed by atoms with van der Waals surface area (Å²) in [4.78, 5) is 25.8. The molecule has 0 radical (unpaired) electrons. The van der Waals surface area contributed by atoms with Gasteiger partial charge in [0.05, 0.1) is 12.1 Å². The van der Waals surface area contributed by atoms with E-state index in [-0.39, 0.29) is 12.3 Å². The number of nitrogens with one attached hydrogen (secondary N) is 1. The standard InChI is InChI=1S/C23H27N5OS/c1-27-9-11-28(12-10-27)16-18-4-6-20(7-5-18)23-26-21(17-30-23)13-22(29)25-15-19-3-2-8-24-14-19/h2-8,14,17H,9-13,15-16H2,1H3,(H,25,29). The van der Waals surface area contributed by atoms with Gasteiger partial charge in [-0.2, -0.15) is 0 Å². The van der Waals surface area contributed by atoms with Gasteiger partial charge in [-0.05, 0) is 24.2 Å². The van der Waals surface area contributed by atoms with Crippen LogP contribution in [-0.4, -0.2) is 58.9 Å². The summed E-state index contributed by atoms with van der Waals surface area (Å²) in [5.41, 5.74) is 4.22. The Bertz CT molecular complexity index is 949. The summed E-state index contributed by atoms with van der Waals surface area (Å²) >= 11 is 1.58. The molecule has 2 aromatic heterocycles. The van der Waals surface area contributed by atoms with Crippen LogP contribution in [0.15, 0.2) is 54.2 Å². The van der Waals surface area contributed by atoms with Gasteiger partial charge in [0.2, 0.25) is 5.91 Å². The number of hydrogen-bond donors (Lipinski definition) is 1. The average Bonchev–Trinajstić information content (AvgIpc) is 3.23. The predicted octanol–water partition coefficient (Wildman–Crippen LogP) is 2.81. The largest absolute Gasteiger partial charge is 0.352 e. The van der Waals surface area contributed by atoms with Gasteiger partial charge in [-0.1, -0.05) is 30.3 Å². The lowest BCUT2D eigenvalue weighted by Crippen LogP contribution is -2.43. The first-order valence-electron chi connectivity index (χ1n) is 10.3. The van der Waals surface area contributed by atoms with Crippen molar-refractivity contribution < 1.29 is 4.79 Å². The highest BCUT2D eigenvalue weighted by Gasteiger charge is 2.14. The number of carbonyl (C=O) groups excluding carboxylic acids is 1. The molecule has 1 amide bonds. The molecule has 0 atom stereocenters. The molecule has 0 aliphatic carbocycles. The molecule has 1 fully saturated rings. The van der Waals surface area contributed by atoms with Gasteiger partial charge in [-0.3, -0.25) is 14.7 Å². The van der Waals surface area contributed by atoms with E-state index in [0.29, 0.717) is 6.54 Å². The van der Waals surface area contributed by atoms with E-state index in [2.05, 4.69) is 56.4 Å². The van der Waals surface area contributed by atoms with Crippen molar-refractivity contribution in [3.63, 3.8) is 0 Å². The molecule has 1 aliphatic heterocycles. The Morgan fingerprint density at radius 1 is 1.10 bits per heavy atom. The van der Waals surface area contributed by atoms with E-state index >= 15 is 0 Å². The number of carbonyl (C=O) groups is 1. The van der Waals surface area contributed by atoms with Gasteiger partial charge in [0.25, 0.3) is 0 Å². The van der Waals surface area contributed by atoms with E-state index in [1.807, 2.05) is 17.5 Å². The monoisotopic (exact) mass is 421 g/mol. The Balaban J connectivity index is 1.29. The number of piperazine rings is 1. The van der Waals surface area contributed by atoms with E-state index < -0.39 is 0 Å². The fraction of sp³-hybridized carbons (Fsp3) is 0.348. The maximum atomic E-state index is 12.2. The lowest BCUT2D eigenvalue weighted by atomic mass is 10.1. The predicted molar refractivity (Wildman–Crippen MR) is 120 cm³/mol. The van der Waals surface area contributed by atoms with Crippen LogP contribution >= 0.6 is 11.3 Å². The van der Waals surface area contributed by atoms with E-state index in [4.69, 9.17) is 0 Å². The number of nitrogens with zero attached hydrogens (tertiary/aromatic N) is 4. The fourth-order valence-corrected chi connectivity index (χ4v) is 4.29. The third-order valence-corrected chi connectivity index (χ3v) is 6.25. The second-order valence-electron chi connectivity index (χ2n) is 7.74. The lowest BCUT2D eigenvalue weighted by molar-refractivity contribution is -0.120. The van der Waals surface area contributed by atoms with Gasteiger partial charge in [0.15, 0.2) is 0 Å². The van der Waals surface area contributed by atoms with Crippen molar-refractivity contribution >= 4 is 17.2 Å². The zero-order chi connectivity index (χ0) is 20.8. The molecule has 4 rings (SSSR count). The molecule has 1 saturated heterocycles. The van der Waals surface area contributed by atoms with Crippen molar-refractivity contribution in [2.75, 3.05) is 33.2 Å². The average molecular weight is 422 g/mol. The number of hydrogen-bond acceptors (Lipinski definition) is 6. The molecule has 1 aliphatic rings. The van der Waals surface area contributed by atoms with E-state index in [1.165, 1.54) is 5.56 Å². The molecule has 156 valence electrons. The van der Waals surface area contributed by atoms with Gasteiger partial charge in [0, 0.05) is 62.6 Å². The summed E-state index contributed by atoms with van der Waals surface area (Å²) in [6, 6.07) is 12.5. The minimum Gasteiger partial charge on any atom is -0.352 e. The van der Waals surface area contributed by atoms with Crippen LogP contribution < -0.4 is 5.32 Å². The highest BCUT2D eigenvalue weighted by atomic mass is 32.1. The van der Waals surface area contributed by atoms with Crippen molar-refractivity contribution in [1.82, 2.24) is 25.1 Å². The van der Waals surface area contributed by atoms with Crippen LogP contribution in [0.25, 0.3) is 10.6 Å². The minimum atomic E-state index is -0.0294. The van der Waals surface area contributed by atoms with Crippen LogP contribution in [0.3, 0.4) is 0 Å². The molecular formula is C23H27N5OS. The molecule has 0 unspecified atom stereocenters. The first-order chi connectivity index (χ1) is 14.7. The smallest absolute Gasteiger partial charge is 0.226 e. The van der Waals surface area contributed by atoms with Crippen molar-refractivity contribution in [2.24, 2.45) is 0 Å². The number of amides is 1. The molecule has 0 bridgehead atoms. The molecule has 3 aromatic rings. The third kappa shape index (κ3) is 5.72. The summed E-state index contributed by atoms with van der Waals surface area (Å²) in [5, 5.41) is 5.85. The molecular weight excluding hydrogens is 394 g/mol.